The lowest BCUT2D eigenvalue weighted by molar-refractivity contribution is -0.129. The van der Waals surface area contributed by atoms with E-state index >= 15 is 0 Å². The molecule has 5 nitrogen and oxygen atoms in total. The minimum absolute atomic E-state index is 0. The molecule has 1 N–H and O–H groups in total. The Balaban J connectivity index is -0.00000201. The van der Waals surface area contributed by atoms with E-state index in [0.717, 1.165) is 25.9 Å². The second-order valence-electron chi connectivity index (χ2n) is 7.11. The highest BCUT2D eigenvalue weighted by Crippen LogP contribution is 2.09. The molecule has 0 rings (SSSR count). The molecule has 27 heavy (non-hydrogen) atoms. The molecular formula is C21H47N3O2S. The number of nitrogens with zero attached hydrogens (tertiary/aromatic N) is 2. The summed E-state index contributed by atoms with van der Waals surface area (Å²) in [7, 11) is 6.01. The molecule has 0 aromatic carbocycles. The summed E-state index contributed by atoms with van der Waals surface area (Å²) in [4.78, 5) is 28.1. The molecular weight excluding hydrogens is 358 g/mol. The van der Waals surface area contributed by atoms with Crippen molar-refractivity contribution in [3.8, 4) is 0 Å². The average molecular weight is 406 g/mol. The highest BCUT2D eigenvalue weighted by Gasteiger charge is 2.24. The number of amides is 1. The molecule has 0 fully saturated rings. The van der Waals surface area contributed by atoms with Gasteiger partial charge in [0.05, 0.1) is 6.04 Å². The lowest BCUT2D eigenvalue weighted by Crippen LogP contribution is -2.47. The minimum atomic E-state index is -0.339. The van der Waals surface area contributed by atoms with Gasteiger partial charge in [-0.15, -0.1) is 0 Å². The number of unbranched alkanes of at least 4 members (excludes halogenated alkanes) is 4. The van der Waals surface area contributed by atoms with Gasteiger partial charge in [-0.2, -0.15) is 11.8 Å². The number of carbonyl (C=O) groups is 2. The highest BCUT2D eigenvalue weighted by molar-refractivity contribution is 7.98. The number of Topliss-reactive ketones (excluding diaryl/α,β-unsaturated/α-hetero) is 1. The lowest BCUT2D eigenvalue weighted by Gasteiger charge is -2.26. The van der Waals surface area contributed by atoms with E-state index in [-0.39, 0.29) is 19.2 Å². The van der Waals surface area contributed by atoms with Gasteiger partial charge in [0.15, 0.2) is 0 Å². The van der Waals surface area contributed by atoms with E-state index in [1.807, 2.05) is 51.7 Å². The molecule has 0 aromatic rings. The van der Waals surface area contributed by atoms with Gasteiger partial charge in [0.2, 0.25) is 5.91 Å². The third-order valence-electron chi connectivity index (χ3n) is 4.26. The number of nitrogens with one attached hydrogen (secondary N) is 1. The topological polar surface area (TPSA) is 52.7 Å². The van der Waals surface area contributed by atoms with E-state index in [1.165, 1.54) is 31.4 Å². The van der Waals surface area contributed by atoms with Crippen molar-refractivity contribution >= 4 is 23.5 Å². The largest absolute Gasteiger partial charge is 0.355 e. The summed E-state index contributed by atoms with van der Waals surface area (Å²) in [6.45, 7) is 8.04. The maximum absolute atomic E-state index is 12.5. The number of likely N-dealkylation sites (N-methyl/N-ethyl adjacent to an activating group) is 1. The Labute approximate surface area is 174 Å². The summed E-state index contributed by atoms with van der Waals surface area (Å²) in [5, 5.41) is 2.99. The van der Waals surface area contributed by atoms with Crippen molar-refractivity contribution in [2.75, 3.05) is 52.8 Å². The van der Waals surface area contributed by atoms with Crippen LogP contribution >= 0.6 is 11.8 Å². The van der Waals surface area contributed by atoms with Crippen LogP contribution in [0.1, 0.15) is 67.1 Å². The fourth-order valence-electron chi connectivity index (χ4n) is 2.74. The first-order valence-electron chi connectivity index (χ1n) is 10.5. The molecule has 1 atom stereocenters. The van der Waals surface area contributed by atoms with Crippen LogP contribution in [0.5, 0.6) is 0 Å². The van der Waals surface area contributed by atoms with Crippen LogP contribution in [0.3, 0.4) is 0 Å². The minimum Gasteiger partial charge on any atom is -0.355 e. The summed E-state index contributed by atoms with van der Waals surface area (Å²) in [6, 6.07) is -0.339. The Morgan fingerprint density at radius 1 is 0.963 bits per heavy atom. The fourth-order valence-corrected chi connectivity index (χ4v) is 3.23. The number of ketones is 1. The van der Waals surface area contributed by atoms with Gasteiger partial charge in [-0.25, -0.2) is 0 Å². The standard InChI is InChI=1S/C19H39N3O2S.C2H6.H2/c1-17(23)16-18(19(24)20-12-11-13-21(2)3)22(4)14-9-7-6-8-10-15-25-5;1-2;/h18H,6-16H2,1-5H3,(H,20,24);1-2H3;1H. The van der Waals surface area contributed by atoms with Gasteiger partial charge >= 0.3 is 0 Å². The van der Waals surface area contributed by atoms with E-state index in [9.17, 15) is 9.59 Å². The Morgan fingerprint density at radius 3 is 2.11 bits per heavy atom. The van der Waals surface area contributed by atoms with Gasteiger partial charge < -0.3 is 10.2 Å². The van der Waals surface area contributed by atoms with E-state index in [2.05, 4.69) is 16.5 Å². The van der Waals surface area contributed by atoms with Gasteiger partial charge in [-0.1, -0.05) is 33.1 Å². The Kier molecular flexibility index (Phi) is 21.4. The molecule has 0 saturated heterocycles. The molecule has 6 heteroatoms. The number of thioether (sulfide) groups is 1. The molecule has 0 aliphatic carbocycles. The molecule has 0 heterocycles. The lowest BCUT2D eigenvalue weighted by atomic mass is 10.1. The number of carbonyl (C=O) groups excluding carboxylic acids is 2. The van der Waals surface area contributed by atoms with Gasteiger partial charge in [0.25, 0.3) is 0 Å². The smallest absolute Gasteiger partial charge is 0.237 e. The Hall–Kier alpha value is -0.590. The zero-order valence-corrected chi connectivity index (χ0v) is 19.8. The summed E-state index contributed by atoms with van der Waals surface area (Å²) in [5.41, 5.74) is 0. The summed E-state index contributed by atoms with van der Waals surface area (Å²) >= 11 is 1.91. The second kappa shape index (κ2) is 20.2. The summed E-state index contributed by atoms with van der Waals surface area (Å²) in [6.07, 6.45) is 9.47. The zero-order valence-electron chi connectivity index (χ0n) is 19.0. The van der Waals surface area contributed by atoms with E-state index in [0.29, 0.717) is 13.0 Å². The fraction of sp³-hybridized carbons (Fsp3) is 0.905. The molecule has 0 aliphatic heterocycles. The molecule has 0 saturated carbocycles. The van der Waals surface area contributed by atoms with Gasteiger partial charge in [-0.3, -0.25) is 14.5 Å². The Bertz CT molecular complexity index is 372. The van der Waals surface area contributed by atoms with E-state index < -0.39 is 0 Å². The van der Waals surface area contributed by atoms with Crippen molar-refractivity contribution in [1.82, 2.24) is 15.1 Å². The van der Waals surface area contributed by atoms with Crippen molar-refractivity contribution in [2.45, 2.75) is 71.8 Å². The molecule has 164 valence electrons. The van der Waals surface area contributed by atoms with E-state index in [4.69, 9.17) is 0 Å². The number of hydrogen-bond acceptors (Lipinski definition) is 5. The zero-order chi connectivity index (χ0) is 21.1. The van der Waals surface area contributed by atoms with Gasteiger partial charge in [0.1, 0.15) is 5.78 Å². The van der Waals surface area contributed by atoms with Crippen molar-refractivity contribution in [3.63, 3.8) is 0 Å². The molecule has 1 unspecified atom stereocenters. The van der Waals surface area contributed by atoms with Gasteiger partial charge in [-0.05, 0) is 72.4 Å². The monoisotopic (exact) mass is 405 g/mol. The van der Waals surface area contributed by atoms with Crippen LogP contribution in [0.4, 0.5) is 0 Å². The van der Waals surface area contributed by atoms with Crippen LogP contribution in [0.2, 0.25) is 0 Å². The predicted molar refractivity (Wildman–Crippen MR) is 123 cm³/mol. The first-order chi connectivity index (χ1) is 12.9. The SMILES string of the molecule is CC.CSCCCCCCCN(C)C(CC(C)=O)C(=O)NCCCN(C)C.[HH]. The average Bonchev–Trinajstić information content (AvgIpc) is 2.63. The van der Waals surface area contributed by atoms with Crippen LogP contribution < -0.4 is 5.32 Å². The second-order valence-corrected chi connectivity index (χ2v) is 8.10. The summed E-state index contributed by atoms with van der Waals surface area (Å²) in [5.74, 6) is 1.29. The number of rotatable bonds is 16. The third kappa shape index (κ3) is 18.5. The molecule has 0 aromatic heterocycles. The normalized spacial score (nSPS) is 11.9. The van der Waals surface area contributed by atoms with Crippen molar-refractivity contribution in [2.24, 2.45) is 0 Å². The van der Waals surface area contributed by atoms with Crippen molar-refractivity contribution in [1.29, 1.82) is 0 Å². The first kappa shape index (κ1) is 28.6. The molecule has 0 radical (unpaired) electrons. The maximum atomic E-state index is 12.5. The maximum Gasteiger partial charge on any atom is 0.237 e. The first-order valence-corrected chi connectivity index (χ1v) is 11.9. The molecule has 0 aliphatic rings. The molecule has 0 bridgehead atoms. The van der Waals surface area contributed by atoms with Gasteiger partial charge in [0, 0.05) is 14.4 Å². The van der Waals surface area contributed by atoms with Crippen molar-refractivity contribution in [3.05, 3.63) is 0 Å². The van der Waals surface area contributed by atoms with E-state index in [1.54, 1.807) is 6.92 Å². The van der Waals surface area contributed by atoms with Crippen LogP contribution in [0.15, 0.2) is 0 Å². The van der Waals surface area contributed by atoms with Crippen molar-refractivity contribution < 1.29 is 11.0 Å². The highest BCUT2D eigenvalue weighted by atomic mass is 32.2. The number of hydrogen-bond donors (Lipinski definition) is 1. The van der Waals surface area contributed by atoms with Crippen LogP contribution in [-0.2, 0) is 9.59 Å². The van der Waals surface area contributed by atoms with Crippen LogP contribution in [0.25, 0.3) is 0 Å². The van der Waals surface area contributed by atoms with Crippen LogP contribution in [0, 0.1) is 0 Å². The molecule has 1 amide bonds. The molecule has 0 spiro atoms. The summed E-state index contributed by atoms with van der Waals surface area (Å²) < 4.78 is 0. The van der Waals surface area contributed by atoms with Crippen LogP contribution in [-0.4, -0.2) is 80.3 Å². The third-order valence-corrected chi connectivity index (χ3v) is 4.95. The Morgan fingerprint density at radius 2 is 1.56 bits per heavy atom. The predicted octanol–water partition coefficient (Wildman–Crippen LogP) is 3.92. The quantitative estimate of drug-likeness (QED) is 0.394.